The predicted molar refractivity (Wildman–Crippen MR) is 99.6 cm³/mol. The van der Waals surface area contributed by atoms with E-state index in [0.29, 0.717) is 52.0 Å². The molecule has 0 aliphatic carbocycles. The summed E-state index contributed by atoms with van der Waals surface area (Å²) in [4.78, 5) is 28.5. The normalized spacial score (nSPS) is 20.1. The summed E-state index contributed by atoms with van der Waals surface area (Å²) in [5, 5.41) is 2.90. The first kappa shape index (κ1) is 19.6. The van der Waals surface area contributed by atoms with E-state index in [9.17, 15) is 14.0 Å². The summed E-state index contributed by atoms with van der Waals surface area (Å²) in [6.07, 6.45) is 1.61. The molecule has 148 valence electrons. The van der Waals surface area contributed by atoms with Crippen molar-refractivity contribution < 1.29 is 18.7 Å². The number of halogens is 1. The number of piperidine rings is 1. The number of amides is 3. The molecule has 0 saturated carbocycles. The Bertz CT molecular complexity index is 687. The summed E-state index contributed by atoms with van der Waals surface area (Å²) in [5.74, 6) is -0.272. The van der Waals surface area contributed by atoms with Crippen LogP contribution >= 0.6 is 0 Å². The van der Waals surface area contributed by atoms with Gasteiger partial charge in [0, 0.05) is 32.2 Å². The molecule has 2 fully saturated rings. The van der Waals surface area contributed by atoms with E-state index in [4.69, 9.17) is 4.74 Å². The van der Waals surface area contributed by atoms with Gasteiger partial charge in [0.2, 0.25) is 5.91 Å². The Balaban J connectivity index is 1.59. The lowest BCUT2D eigenvalue weighted by atomic mass is 9.87. The molecular weight excluding hydrogens is 349 g/mol. The van der Waals surface area contributed by atoms with Crippen LogP contribution in [0.1, 0.15) is 38.7 Å². The quantitative estimate of drug-likeness (QED) is 0.881. The van der Waals surface area contributed by atoms with Crippen LogP contribution in [0.25, 0.3) is 0 Å². The van der Waals surface area contributed by atoms with E-state index in [1.165, 1.54) is 12.1 Å². The van der Waals surface area contributed by atoms with E-state index >= 15 is 0 Å². The number of carbonyl (C=O) groups excluding carboxylic acids is 2. The van der Waals surface area contributed by atoms with Crippen molar-refractivity contribution in [2.75, 3.05) is 26.2 Å². The minimum Gasteiger partial charge on any atom is -0.372 e. The van der Waals surface area contributed by atoms with Crippen LogP contribution in [0, 0.1) is 5.82 Å². The smallest absolute Gasteiger partial charge is 0.317 e. The van der Waals surface area contributed by atoms with Crippen LogP contribution in [0.15, 0.2) is 24.3 Å². The standard InChI is InChI=1S/C20H28FN3O3/c1-15(2)22-19(26)23-8-6-20(7-9-23)13-18(25)24(10-11-27-20)14-16-4-3-5-17(21)12-16/h3-5,12,15H,6-11,13-14H2,1-2H3,(H,22,26). The fraction of sp³-hybridized carbons (Fsp3) is 0.600. The number of nitrogens with zero attached hydrogens (tertiary/aromatic N) is 2. The molecule has 1 N–H and O–H groups in total. The van der Waals surface area contributed by atoms with Gasteiger partial charge in [-0.05, 0) is 44.4 Å². The molecule has 2 saturated heterocycles. The average Bonchev–Trinajstić information content (AvgIpc) is 2.74. The van der Waals surface area contributed by atoms with Crippen molar-refractivity contribution in [1.82, 2.24) is 15.1 Å². The van der Waals surface area contributed by atoms with Crippen LogP contribution in [0.3, 0.4) is 0 Å². The fourth-order valence-electron chi connectivity index (χ4n) is 3.74. The van der Waals surface area contributed by atoms with E-state index in [-0.39, 0.29) is 23.8 Å². The van der Waals surface area contributed by atoms with E-state index in [1.54, 1.807) is 15.9 Å². The summed E-state index contributed by atoms with van der Waals surface area (Å²) in [6.45, 7) is 6.37. The molecule has 2 heterocycles. The van der Waals surface area contributed by atoms with Crippen molar-refractivity contribution in [2.45, 2.75) is 51.3 Å². The number of carbonyl (C=O) groups is 2. The van der Waals surface area contributed by atoms with Gasteiger partial charge in [0.15, 0.2) is 0 Å². The largest absolute Gasteiger partial charge is 0.372 e. The molecule has 7 heteroatoms. The van der Waals surface area contributed by atoms with Gasteiger partial charge in [0.25, 0.3) is 0 Å². The minimum atomic E-state index is -0.498. The highest BCUT2D eigenvalue weighted by molar-refractivity contribution is 5.78. The molecular formula is C20H28FN3O3. The van der Waals surface area contributed by atoms with Crippen LogP contribution in [0.5, 0.6) is 0 Å². The monoisotopic (exact) mass is 377 g/mol. The van der Waals surface area contributed by atoms with Gasteiger partial charge < -0.3 is 19.9 Å². The Morgan fingerprint density at radius 1 is 1.30 bits per heavy atom. The zero-order valence-electron chi connectivity index (χ0n) is 16.0. The number of hydrogen-bond acceptors (Lipinski definition) is 3. The van der Waals surface area contributed by atoms with E-state index in [1.807, 2.05) is 19.9 Å². The lowest BCUT2D eigenvalue weighted by molar-refractivity contribution is -0.135. The molecule has 3 rings (SSSR count). The van der Waals surface area contributed by atoms with Crippen LogP contribution in [-0.2, 0) is 16.1 Å². The van der Waals surface area contributed by atoms with Crippen LogP contribution in [0.4, 0.5) is 9.18 Å². The van der Waals surface area contributed by atoms with Gasteiger partial charge >= 0.3 is 6.03 Å². The molecule has 0 radical (unpaired) electrons. The Morgan fingerprint density at radius 3 is 2.70 bits per heavy atom. The highest BCUT2D eigenvalue weighted by Crippen LogP contribution is 2.32. The lowest BCUT2D eigenvalue weighted by Gasteiger charge is -2.40. The summed E-state index contributed by atoms with van der Waals surface area (Å²) in [5.41, 5.74) is 0.280. The summed E-state index contributed by atoms with van der Waals surface area (Å²) >= 11 is 0. The maximum Gasteiger partial charge on any atom is 0.317 e. The summed E-state index contributed by atoms with van der Waals surface area (Å²) in [7, 11) is 0. The number of urea groups is 1. The average molecular weight is 377 g/mol. The van der Waals surface area contributed by atoms with Crippen LogP contribution in [0.2, 0.25) is 0 Å². The Hall–Kier alpha value is -2.15. The third-order valence-corrected chi connectivity index (χ3v) is 5.23. The van der Waals surface area contributed by atoms with Gasteiger partial charge in [-0.2, -0.15) is 0 Å². The van der Waals surface area contributed by atoms with Crippen molar-refractivity contribution in [3.63, 3.8) is 0 Å². The Labute approximate surface area is 159 Å². The lowest BCUT2D eigenvalue weighted by Crippen LogP contribution is -2.52. The van der Waals surface area contributed by atoms with Gasteiger partial charge in [-0.1, -0.05) is 12.1 Å². The van der Waals surface area contributed by atoms with Gasteiger partial charge in [-0.25, -0.2) is 9.18 Å². The fourth-order valence-corrected chi connectivity index (χ4v) is 3.74. The number of nitrogens with one attached hydrogen (secondary N) is 1. The Morgan fingerprint density at radius 2 is 2.04 bits per heavy atom. The minimum absolute atomic E-state index is 0.0249. The second kappa shape index (κ2) is 8.25. The molecule has 2 aliphatic rings. The van der Waals surface area contributed by atoms with Crippen molar-refractivity contribution in [2.24, 2.45) is 0 Å². The van der Waals surface area contributed by atoms with E-state index in [0.717, 1.165) is 5.56 Å². The van der Waals surface area contributed by atoms with E-state index < -0.39 is 5.60 Å². The summed E-state index contributed by atoms with van der Waals surface area (Å²) in [6, 6.07) is 6.37. The van der Waals surface area contributed by atoms with E-state index in [2.05, 4.69) is 5.32 Å². The first-order valence-corrected chi connectivity index (χ1v) is 9.58. The molecule has 3 amide bonds. The first-order valence-electron chi connectivity index (χ1n) is 9.58. The molecule has 2 aliphatic heterocycles. The first-order chi connectivity index (χ1) is 12.9. The second-order valence-corrected chi connectivity index (χ2v) is 7.74. The SMILES string of the molecule is CC(C)NC(=O)N1CCC2(CC1)CC(=O)N(Cc1cccc(F)c1)CCO2. The highest BCUT2D eigenvalue weighted by atomic mass is 19.1. The molecule has 0 bridgehead atoms. The topological polar surface area (TPSA) is 61.9 Å². The Kier molecular flexibility index (Phi) is 5.99. The molecule has 0 aromatic heterocycles. The second-order valence-electron chi connectivity index (χ2n) is 7.74. The van der Waals surface area contributed by atoms with Crippen LogP contribution in [-0.4, -0.2) is 59.6 Å². The third kappa shape index (κ3) is 4.97. The number of ether oxygens (including phenoxy) is 1. The van der Waals surface area contributed by atoms with Crippen molar-refractivity contribution in [1.29, 1.82) is 0 Å². The zero-order chi connectivity index (χ0) is 19.4. The maximum absolute atomic E-state index is 13.4. The molecule has 27 heavy (non-hydrogen) atoms. The number of benzene rings is 1. The molecule has 6 nitrogen and oxygen atoms in total. The number of likely N-dealkylation sites (tertiary alicyclic amines) is 1. The predicted octanol–water partition coefficient (Wildman–Crippen LogP) is 2.53. The van der Waals surface area contributed by atoms with Crippen molar-refractivity contribution in [3.8, 4) is 0 Å². The van der Waals surface area contributed by atoms with Crippen molar-refractivity contribution >= 4 is 11.9 Å². The van der Waals surface area contributed by atoms with Gasteiger partial charge in [0.1, 0.15) is 5.82 Å². The molecule has 1 aromatic rings. The number of hydrogen-bond donors (Lipinski definition) is 1. The van der Waals surface area contributed by atoms with Gasteiger partial charge in [-0.3, -0.25) is 4.79 Å². The van der Waals surface area contributed by atoms with Gasteiger partial charge in [0.05, 0.1) is 18.6 Å². The molecule has 1 spiro atoms. The van der Waals surface area contributed by atoms with Gasteiger partial charge in [-0.15, -0.1) is 0 Å². The number of rotatable bonds is 3. The van der Waals surface area contributed by atoms with Crippen LogP contribution < -0.4 is 5.32 Å². The maximum atomic E-state index is 13.4. The molecule has 1 aromatic carbocycles. The third-order valence-electron chi connectivity index (χ3n) is 5.23. The zero-order valence-corrected chi connectivity index (χ0v) is 16.0. The highest BCUT2D eigenvalue weighted by Gasteiger charge is 2.41. The van der Waals surface area contributed by atoms with Crippen molar-refractivity contribution in [3.05, 3.63) is 35.6 Å². The molecule has 0 unspecified atom stereocenters. The molecule has 0 atom stereocenters. The summed E-state index contributed by atoms with van der Waals surface area (Å²) < 4.78 is 19.5.